The molecule has 0 saturated heterocycles. The van der Waals surface area contributed by atoms with Gasteiger partial charge in [-0.05, 0) is 66.7 Å². The molecule has 124 valence electrons. The van der Waals surface area contributed by atoms with Gasteiger partial charge in [-0.15, -0.1) is 0 Å². The van der Waals surface area contributed by atoms with Crippen molar-refractivity contribution in [1.82, 2.24) is 0 Å². The molecule has 0 aromatic heterocycles. The molecule has 0 spiro atoms. The Kier molecular flexibility index (Phi) is 4.72. The number of halogens is 3. The van der Waals surface area contributed by atoms with Crippen LogP contribution in [0.5, 0.6) is 0 Å². The maximum absolute atomic E-state index is 13.0. The topological polar surface area (TPSA) is 34.1 Å². The largest absolute Gasteiger partial charge is 0.289 e. The average Bonchev–Trinajstić information content (AvgIpc) is 2.61. The van der Waals surface area contributed by atoms with Crippen LogP contribution in [0, 0.1) is 11.6 Å². The Labute approximate surface area is 147 Å². The van der Waals surface area contributed by atoms with Crippen LogP contribution in [0.1, 0.15) is 31.8 Å². The molecule has 2 nitrogen and oxygen atoms in total. The molecule has 5 heteroatoms. The van der Waals surface area contributed by atoms with E-state index in [1.54, 1.807) is 0 Å². The summed E-state index contributed by atoms with van der Waals surface area (Å²) in [7, 11) is 0. The highest BCUT2D eigenvalue weighted by molar-refractivity contribution is 6.32. The molecule has 0 unspecified atom stereocenters. The molecular formula is C20H11ClF2O2. The van der Waals surface area contributed by atoms with Gasteiger partial charge < -0.3 is 0 Å². The van der Waals surface area contributed by atoms with E-state index in [-0.39, 0.29) is 38.8 Å². The van der Waals surface area contributed by atoms with E-state index in [0.717, 1.165) is 0 Å². The fraction of sp³-hybridized carbons (Fsp3) is 0. The molecular weight excluding hydrogens is 346 g/mol. The van der Waals surface area contributed by atoms with Gasteiger partial charge in [0.05, 0.1) is 0 Å². The molecule has 0 aliphatic heterocycles. The lowest BCUT2D eigenvalue weighted by Gasteiger charge is -2.07. The number of carbonyl (C=O) groups is 2. The van der Waals surface area contributed by atoms with Gasteiger partial charge in [0.1, 0.15) is 11.6 Å². The molecule has 25 heavy (non-hydrogen) atoms. The van der Waals surface area contributed by atoms with Crippen LogP contribution in [0.4, 0.5) is 8.78 Å². The van der Waals surface area contributed by atoms with E-state index in [9.17, 15) is 18.4 Å². The lowest BCUT2D eigenvalue weighted by atomic mass is 9.97. The molecule has 3 aromatic rings. The zero-order chi connectivity index (χ0) is 18.0. The number of ketones is 2. The first-order valence-electron chi connectivity index (χ1n) is 7.35. The lowest BCUT2D eigenvalue weighted by Crippen LogP contribution is -2.06. The number of hydrogen-bond donors (Lipinski definition) is 0. The third kappa shape index (κ3) is 3.80. The highest BCUT2D eigenvalue weighted by Gasteiger charge is 2.15. The molecule has 0 heterocycles. The van der Waals surface area contributed by atoms with Crippen molar-refractivity contribution in [3.63, 3.8) is 0 Å². The molecule has 0 aliphatic carbocycles. The standard InChI is InChI=1S/C20H11ClF2O2/c21-16-10-14(19(24)12-1-5-17(22)6-2-12)9-15(11-16)20(25)13-3-7-18(23)8-4-13/h1-11H. The SMILES string of the molecule is O=C(c1ccc(F)cc1)c1cc(Cl)cc(C(=O)c2ccc(F)cc2)c1. The van der Waals surface area contributed by atoms with Gasteiger partial charge >= 0.3 is 0 Å². The van der Waals surface area contributed by atoms with Crippen LogP contribution < -0.4 is 0 Å². The second-order valence-electron chi connectivity index (χ2n) is 5.40. The molecule has 0 amide bonds. The van der Waals surface area contributed by atoms with Crippen LogP contribution in [0.3, 0.4) is 0 Å². The maximum atomic E-state index is 13.0. The van der Waals surface area contributed by atoms with Crippen LogP contribution in [0.15, 0.2) is 66.7 Å². The summed E-state index contributed by atoms with van der Waals surface area (Å²) in [5, 5.41) is 0.221. The zero-order valence-corrected chi connectivity index (χ0v) is 13.6. The van der Waals surface area contributed by atoms with E-state index in [0.29, 0.717) is 0 Å². The third-order valence-electron chi connectivity index (χ3n) is 3.63. The summed E-state index contributed by atoms with van der Waals surface area (Å²) in [6, 6.07) is 14.5. The fourth-order valence-electron chi connectivity index (χ4n) is 2.39. The van der Waals surface area contributed by atoms with E-state index >= 15 is 0 Å². The summed E-state index contributed by atoms with van der Waals surface area (Å²) in [6.45, 7) is 0. The van der Waals surface area contributed by atoms with E-state index in [4.69, 9.17) is 11.6 Å². The highest BCUT2D eigenvalue weighted by Crippen LogP contribution is 2.21. The number of rotatable bonds is 4. The minimum Gasteiger partial charge on any atom is -0.289 e. The van der Waals surface area contributed by atoms with E-state index in [1.807, 2.05) is 0 Å². The summed E-state index contributed by atoms with van der Waals surface area (Å²) < 4.78 is 26.0. The monoisotopic (exact) mass is 356 g/mol. The van der Waals surface area contributed by atoms with Crippen LogP contribution >= 0.6 is 11.6 Å². The van der Waals surface area contributed by atoms with Crippen molar-refractivity contribution in [3.05, 3.63) is 106 Å². The Morgan fingerprint density at radius 1 is 0.600 bits per heavy atom. The quantitative estimate of drug-likeness (QED) is 0.611. The van der Waals surface area contributed by atoms with Crippen LogP contribution in [-0.2, 0) is 0 Å². The molecule has 0 atom stereocenters. The Morgan fingerprint density at radius 2 is 0.960 bits per heavy atom. The summed E-state index contributed by atoms with van der Waals surface area (Å²) in [4.78, 5) is 25.0. The lowest BCUT2D eigenvalue weighted by molar-refractivity contribution is 0.103. The van der Waals surface area contributed by atoms with Crippen molar-refractivity contribution in [2.75, 3.05) is 0 Å². The van der Waals surface area contributed by atoms with Crippen molar-refractivity contribution < 1.29 is 18.4 Å². The second-order valence-corrected chi connectivity index (χ2v) is 5.84. The van der Waals surface area contributed by atoms with Crippen LogP contribution in [-0.4, -0.2) is 11.6 Å². The van der Waals surface area contributed by atoms with E-state index in [1.165, 1.54) is 66.7 Å². The summed E-state index contributed by atoms with van der Waals surface area (Å²) in [6.07, 6.45) is 0. The van der Waals surface area contributed by atoms with Crippen LogP contribution in [0.25, 0.3) is 0 Å². The predicted octanol–water partition coefficient (Wildman–Crippen LogP) is 5.08. The molecule has 0 bridgehead atoms. The zero-order valence-electron chi connectivity index (χ0n) is 12.8. The maximum Gasteiger partial charge on any atom is 0.193 e. The molecule has 0 aliphatic rings. The van der Waals surface area contributed by atoms with Gasteiger partial charge in [0.2, 0.25) is 0 Å². The van der Waals surface area contributed by atoms with Crippen molar-refractivity contribution in [3.8, 4) is 0 Å². The highest BCUT2D eigenvalue weighted by atomic mass is 35.5. The summed E-state index contributed by atoms with van der Waals surface area (Å²) >= 11 is 6.04. The summed E-state index contributed by atoms with van der Waals surface area (Å²) in [5.74, 6) is -1.66. The Hall–Kier alpha value is -2.85. The molecule has 0 fully saturated rings. The second kappa shape index (κ2) is 6.95. The Morgan fingerprint density at radius 3 is 1.32 bits per heavy atom. The van der Waals surface area contributed by atoms with Crippen molar-refractivity contribution >= 4 is 23.2 Å². The first-order valence-corrected chi connectivity index (χ1v) is 7.73. The van der Waals surface area contributed by atoms with Gasteiger partial charge in [-0.2, -0.15) is 0 Å². The normalized spacial score (nSPS) is 10.5. The first kappa shape index (κ1) is 17.0. The molecule has 0 saturated carbocycles. The molecule has 0 N–H and O–H groups in total. The number of benzene rings is 3. The van der Waals surface area contributed by atoms with Gasteiger partial charge in [0, 0.05) is 27.3 Å². The van der Waals surface area contributed by atoms with E-state index in [2.05, 4.69) is 0 Å². The third-order valence-corrected chi connectivity index (χ3v) is 3.85. The van der Waals surface area contributed by atoms with Crippen LogP contribution in [0.2, 0.25) is 5.02 Å². The minimum absolute atomic E-state index is 0.213. The summed E-state index contributed by atoms with van der Waals surface area (Å²) in [5.41, 5.74) is 0.988. The van der Waals surface area contributed by atoms with Gasteiger partial charge in [0.25, 0.3) is 0 Å². The first-order chi connectivity index (χ1) is 11.9. The van der Waals surface area contributed by atoms with Crippen molar-refractivity contribution in [2.24, 2.45) is 0 Å². The van der Waals surface area contributed by atoms with Gasteiger partial charge in [-0.3, -0.25) is 9.59 Å². The Balaban J connectivity index is 1.97. The van der Waals surface area contributed by atoms with Crippen molar-refractivity contribution in [1.29, 1.82) is 0 Å². The minimum atomic E-state index is -0.449. The van der Waals surface area contributed by atoms with Crippen molar-refractivity contribution in [2.45, 2.75) is 0 Å². The smallest absolute Gasteiger partial charge is 0.193 e. The van der Waals surface area contributed by atoms with Gasteiger partial charge in [0.15, 0.2) is 11.6 Å². The molecule has 3 rings (SSSR count). The van der Waals surface area contributed by atoms with Gasteiger partial charge in [-0.25, -0.2) is 8.78 Å². The number of hydrogen-bond acceptors (Lipinski definition) is 2. The van der Waals surface area contributed by atoms with E-state index < -0.39 is 11.6 Å². The molecule has 3 aromatic carbocycles. The van der Waals surface area contributed by atoms with Gasteiger partial charge in [-0.1, -0.05) is 11.6 Å². The fourth-order valence-corrected chi connectivity index (χ4v) is 2.62. The Bertz CT molecular complexity index is 873. The number of carbonyl (C=O) groups excluding carboxylic acids is 2. The average molecular weight is 357 g/mol. The molecule has 0 radical (unpaired) electrons. The predicted molar refractivity (Wildman–Crippen MR) is 91.1 cm³/mol.